The number of carbonyl (C=O) groups is 1. The van der Waals surface area contributed by atoms with Crippen LogP contribution in [0.25, 0.3) is 0 Å². The summed E-state index contributed by atoms with van der Waals surface area (Å²) in [6, 6.07) is 2.29. The molecule has 0 unspecified atom stereocenters. The van der Waals surface area contributed by atoms with Gasteiger partial charge in [0.25, 0.3) is 0 Å². The second-order valence-electron chi connectivity index (χ2n) is 6.10. The van der Waals surface area contributed by atoms with E-state index in [0.717, 1.165) is 42.9 Å². The predicted octanol–water partition coefficient (Wildman–Crippen LogP) is 2.02. The number of amides is 1. The number of hydrogen-bond donors (Lipinski definition) is 1. The molecular formula is C16H21N3O2S. The number of hydrogen-bond acceptors (Lipinski definition) is 5. The monoisotopic (exact) mass is 319 g/mol. The molecule has 1 aromatic rings. The van der Waals surface area contributed by atoms with Crippen molar-refractivity contribution in [3.05, 3.63) is 16.0 Å². The SMILES string of the molecule is C[C@H]1CCc2c(sc(NC(=O)CN3CCOCC3)c2C#N)C1. The summed E-state index contributed by atoms with van der Waals surface area (Å²) in [7, 11) is 0. The Kier molecular flexibility index (Phi) is 4.77. The average Bonchev–Trinajstić information content (AvgIpc) is 2.84. The number of thiophene rings is 1. The molecule has 5 nitrogen and oxygen atoms in total. The number of morpholine rings is 1. The van der Waals surface area contributed by atoms with Gasteiger partial charge in [-0.25, -0.2) is 0 Å². The fraction of sp³-hybridized carbons (Fsp3) is 0.625. The third kappa shape index (κ3) is 3.32. The van der Waals surface area contributed by atoms with E-state index in [0.29, 0.717) is 31.2 Å². The number of fused-ring (bicyclic) bond motifs is 1. The van der Waals surface area contributed by atoms with Crippen LogP contribution in [0, 0.1) is 17.2 Å². The third-order valence-electron chi connectivity index (χ3n) is 4.35. The molecule has 2 heterocycles. The fourth-order valence-electron chi connectivity index (χ4n) is 3.09. The van der Waals surface area contributed by atoms with Crippen molar-refractivity contribution in [3.8, 4) is 6.07 Å². The summed E-state index contributed by atoms with van der Waals surface area (Å²) < 4.78 is 5.29. The van der Waals surface area contributed by atoms with E-state index in [1.165, 1.54) is 4.88 Å². The first-order chi connectivity index (χ1) is 10.7. The molecule has 1 aliphatic carbocycles. The zero-order chi connectivity index (χ0) is 15.5. The maximum Gasteiger partial charge on any atom is 0.239 e. The highest BCUT2D eigenvalue weighted by Crippen LogP contribution is 2.39. The van der Waals surface area contributed by atoms with E-state index >= 15 is 0 Å². The molecule has 3 rings (SSSR count). The second-order valence-corrected chi connectivity index (χ2v) is 7.21. The Morgan fingerprint density at radius 3 is 3.00 bits per heavy atom. The van der Waals surface area contributed by atoms with E-state index in [1.807, 2.05) is 0 Å². The summed E-state index contributed by atoms with van der Waals surface area (Å²) in [4.78, 5) is 15.6. The predicted molar refractivity (Wildman–Crippen MR) is 86.1 cm³/mol. The Labute approximate surface area is 134 Å². The van der Waals surface area contributed by atoms with E-state index in [-0.39, 0.29) is 5.91 Å². The maximum absolute atomic E-state index is 12.2. The summed E-state index contributed by atoms with van der Waals surface area (Å²) in [5.41, 5.74) is 1.84. The fourth-order valence-corrected chi connectivity index (χ4v) is 4.46. The molecule has 118 valence electrons. The van der Waals surface area contributed by atoms with Crippen LogP contribution >= 0.6 is 11.3 Å². The molecule has 1 aromatic heterocycles. The molecule has 22 heavy (non-hydrogen) atoms. The van der Waals surface area contributed by atoms with Crippen LogP contribution < -0.4 is 5.32 Å². The minimum atomic E-state index is -0.0370. The molecular weight excluding hydrogens is 298 g/mol. The van der Waals surface area contributed by atoms with Crippen LogP contribution in [0.4, 0.5) is 5.00 Å². The highest BCUT2D eigenvalue weighted by atomic mass is 32.1. The molecule has 0 saturated carbocycles. The van der Waals surface area contributed by atoms with Crippen molar-refractivity contribution >= 4 is 22.2 Å². The number of anilines is 1. The summed E-state index contributed by atoms with van der Waals surface area (Å²) in [6.45, 7) is 5.55. The van der Waals surface area contributed by atoms with Crippen LogP contribution in [0.5, 0.6) is 0 Å². The van der Waals surface area contributed by atoms with Gasteiger partial charge in [-0.3, -0.25) is 9.69 Å². The molecule has 0 aromatic carbocycles. The van der Waals surface area contributed by atoms with E-state index in [9.17, 15) is 10.1 Å². The summed E-state index contributed by atoms with van der Waals surface area (Å²) in [5, 5.41) is 13.1. The molecule has 2 aliphatic rings. The highest BCUT2D eigenvalue weighted by Gasteiger charge is 2.25. The van der Waals surface area contributed by atoms with Crippen LogP contribution in [0.2, 0.25) is 0 Å². The van der Waals surface area contributed by atoms with Crippen molar-refractivity contribution < 1.29 is 9.53 Å². The standard InChI is InChI=1S/C16H21N3O2S/c1-11-2-3-12-13(9-17)16(22-14(12)8-11)18-15(20)10-19-4-6-21-7-5-19/h11H,2-8,10H2,1H3,(H,18,20)/t11-/m0/s1. The van der Waals surface area contributed by atoms with E-state index in [4.69, 9.17) is 4.74 Å². The van der Waals surface area contributed by atoms with E-state index < -0.39 is 0 Å². The molecule has 1 N–H and O–H groups in total. The lowest BCUT2D eigenvalue weighted by atomic mass is 9.89. The Bertz CT molecular complexity index is 599. The number of nitriles is 1. The van der Waals surface area contributed by atoms with Crippen molar-refractivity contribution in [3.63, 3.8) is 0 Å². The maximum atomic E-state index is 12.2. The number of nitrogens with one attached hydrogen (secondary N) is 1. The van der Waals surface area contributed by atoms with E-state index in [1.54, 1.807) is 11.3 Å². The lowest BCUT2D eigenvalue weighted by Crippen LogP contribution is -2.41. The van der Waals surface area contributed by atoms with Crippen molar-refractivity contribution in [1.82, 2.24) is 4.90 Å². The number of ether oxygens (including phenoxy) is 1. The minimum Gasteiger partial charge on any atom is -0.379 e. The topological polar surface area (TPSA) is 65.4 Å². The summed E-state index contributed by atoms with van der Waals surface area (Å²) in [6.07, 6.45) is 3.10. The molecule has 1 amide bonds. The molecule has 0 radical (unpaired) electrons. The number of nitrogens with zero attached hydrogens (tertiary/aromatic N) is 2. The first-order valence-electron chi connectivity index (χ1n) is 7.82. The van der Waals surface area contributed by atoms with Crippen molar-refractivity contribution in [1.29, 1.82) is 5.26 Å². The van der Waals surface area contributed by atoms with Crippen LogP contribution in [-0.2, 0) is 22.4 Å². The van der Waals surface area contributed by atoms with Gasteiger partial charge in [0.15, 0.2) is 0 Å². The Balaban J connectivity index is 1.69. The van der Waals surface area contributed by atoms with Gasteiger partial charge in [0.2, 0.25) is 5.91 Å². The van der Waals surface area contributed by atoms with Gasteiger partial charge in [0, 0.05) is 18.0 Å². The van der Waals surface area contributed by atoms with Gasteiger partial charge in [0.1, 0.15) is 11.1 Å². The molecule has 6 heteroatoms. The van der Waals surface area contributed by atoms with Gasteiger partial charge >= 0.3 is 0 Å². The van der Waals surface area contributed by atoms with Crippen LogP contribution in [0.1, 0.15) is 29.3 Å². The quantitative estimate of drug-likeness (QED) is 0.925. The molecule has 0 spiro atoms. The van der Waals surface area contributed by atoms with Gasteiger partial charge in [-0.15, -0.1) is 11.3 Å². The smallest absolute Gasteiger partial charge is 0.239 e. The first kappa shape index (κ1) is 15.5. The van der Waals surface area contributed by atoms with Gasteiger partial charge in [-0.1, -0.05) is 6.92 Å². The molecule has 0 bridgehead atoms. The largest absolute Gasteiger partial charge is 0.379 e. The first-order valence-corrected chi connectivity index (χ1v) is 8.63. The highest BCUT2D eigenvalue weighted by molar-refractivity contribution is 7.16. The lowest BCUT2D eigenvalue weighted by molar-refractivity contribution is -0.118. The Morgan fingerprint density at radius 1 is 1.50 bits per heavy atom. The zero-order valence-electron chi connectivity index (χ0n) is 12.9. The third-order valence-corrected chi connectivity index (χ3v) is 5.52. The second kappa shape index (κ2) is 6.78. The minimum absolute atomic E-state index is 0.0370. The molecule has 1 aliphatic heterocycles. The van der Waals surface area contributed by atoms with E-state index in [2.05, 4.69) is 23.2 Å². The van der Waals surface area contributed by atoms with Gasteiger partial charge in [0.05, 0.1) is 25.3 Å². The van der Waals surface area contributed by atoms with Gasteiger partial charge < -0.3 is 10.1 Å². The van der Waals surface area contributed by atoms with Crippen LogP contribution in [0.15, 0.2) is 0 Å². The van der Waals surface area contributed by atoms with Gasteiger partial charge in [-0.05, 0) is 30.7 Å². The summed E-state index contributed by atoms with van der Waals surface area (Å²) in [5.74, 6) is 0.625. The lowest BCUT2D eigenvalue weighted by Gasteiger charge is -2.25. The molecule has 1 atom stereocenters. The Morgan fingerprint density at radius 2 is 2.27 bits per heavy atom. The normalized spacial score (nSPS) is 21.9. The van der Waals surface area contributed by atoms with Crippen molar-refractivity contribution in [2.45, 2.75) is 26.2 Å². The molecule has 1 fully saturated rings. The van der Waals surface area contributed by atoms with Gasteiger partial charge in [-0.2, -0.15) is 5.26 Å². The average molecular weight is 319 g/mol. The molecule has 1 saturated heterocycles. The zero-order valence-corrected chi connectivity index (χ0v) is 13.7. The summed E-state index contributed by atoms with van der Waals surface area (Å²) >= 11 is 1.58. The van der Waals surface area contributed by atoms with Crippen molar-refractivity contribution in [2.75, 3.05) is 38.2 Å². The van der Waals surface area contributed by atoms with Crippen LogP contribution in [0.3, 0.4) is 0 Å². The van der Waals surface area contributed by atoms with Crippen LogP contribution in [-0.4, -0.2) is 43.7 Å². The van der Waals surface area contributed by atoms with Crippen molar-refractivity contribution in [2.24, 2.45) is 5.92 Å². The Hall–Kier alpha value is -1.42. The number of rotatable bonds is 3. The number of carbonyl (C=O) groups excluding carboxylic acids is 1.